The number of alkyl halides is 3. The van der Waals surface area contributed by atoms with Gasteiger partial charge in [0.1, 0.15) is 11.4 Å². The Morgan fingerprint density at radius 3 is 2.03 bits per heavy atom. The monoisotopic (exact) mass is 411 g/mol. The zero-order valence-corrected chi connectivity index (χ0v) is 14.3. The molecule has 1 heterocycles. The molecule has 29 heavy (non-hydrogen) atoms. The molecule has 0 aliphatic rings. The van der Waals surface area contributed by atoms with Crippen LogP contribution in [0.4, 0.5) is 43.4 Å². The second kappa shape index (κ2) is 7.82. The highest BCUT2D eigenvalue weighted by molar-refractivity contribution is 6.04. The molecule has 2 N–H and O–H groups in total. The third kappa shape index (κ3) is 4.65. The summed E-state index contributed by atoms with van der Waals surface area (Å²) in [6, 6.07) is 7.22. The molecule has 2 aromatic carbocycles. The minimum Gasteiger partial charge on any atom is -0.355 e. The summed E-state index contributed by atoms with van der Waals surface area (Å²) in [6.45, 7) is 0. The van der Waals surface area contributed by atoms with E-state index in [1.165, 1.54) is 24.3 Å². The molecule has 1 aromatic heterocycles. The van der Waals surface area contributed by atoms with Gasteiger partial charge in [0.2, 0.25) is 0 Å². The van der Waals surface area contributed by atoms with Crippen molar-refractivity contribution in [1.29, 1.82) is 0 Å². The van der Waals surface area contributed by atoms with Gasteiger partial charge in [-0.3, -0.25) is 9.78 Å². The quantitative estimate of drug-likeness (QED) is 0.557. The van der Waals surface area contributed by atoms with E-state index in [2.05, 4.69) is 15.6 Å². The number of carbonyl (C=O) groups is 1. The van der Waals surface area contributed by atoms with Gasteiger partial charge < -0.3 is 10.6 Å². The van der Waals surface area contributed by atoms with Crippen molar-refractivity contribution in [1.82, 2.24) is 4.98 Å². The van der Waals surface area contributed by atoms with Gasteiger partial charge >= 0.3 is 6.18 Å². The maximum atomic E-state index is 13.6. The summed E-state index contributed by atoms with van der Waals surface area (Å²) in [4.78, 5) is 15.3. The predicted octanol–water partition coefficient (Wildman–Crippen LogP) is 5.51. The minimum atomic E-state index is -4.69. The van der Waals surface area contributed by atoms with Gasteiger partial charge in [0.05, 0.1) is 23.6 Å². The van der Waals surface area contributed by atoms with E-state index in [0.29, 0.717) is 30.6 Å². The molecule has 0 bridgehead atoms. The fourth-order valence-corrected chi connectivity index (χ4v) is 2.48. The molecule has 1 amide bonds. The lowest BCUT2D eigenvalue weighted by molar-refractivity contribution is -0.136. The second-order valence-corrected chi connectivity index (χ2v) is 5.82. The molecule has 0 saturated heterocycles. The highest BCUT2D eigenvalue weighted by atomic mass is 19.4. The fraction of sp³-hybridized carbons (Fsp3) is 0.0526. The van der Waals surface area contributed by atoms with Crippen LogP contribution < -0.4 is 10.6 Å². The van der Waals surface area contributed by atoms with Gasteiger partial charge in [-0.15, -0.1) is 0 Å². The lowest BCUT2D eigenvalue weighted by Crippen LogP contribution is -2.16. The molecule has 150 valence electrons. The molecule has 0 aliphatic carbocycles. The van der Waals surface area contributed by atoms with Gasteiger partial charge in [0.25, 0.3) is 5.91 Å². The number of carbonyl (C=O) groups excluding carboxylic acids is 1. The first-order chi connectivity index (χ1) is 13.6. The van der Waals surface area contributed by atoms with E-state index in [1.807, 2.05) is 0 Å². The molecule has 0 unspecified atom stereocenters. The minimum absolute atomic E-state index is 0.131. The summed E-state index contributed by atoms with van der Waals surface area (Å²) < 4.78 is 79.6. The van der Waals surface area contributed by atoms with E-state index >= 15 is 0 Å². The van der Waals surface area contributed by atoms with Crippen LogP contribution in [0.15, 0.2) is 54.9 Å². The second-order valence-electron chi connectivity index (χ2n) is 5.82. The average Bonchev–Trinajstić information content (AvgIpc) is 2.62. The van der Waals surface area contributed by atoms with Crippen LogP contribution >= 0.6 is 0 Å². The molecule has 0 saturated carbocycles. The Labute approximate surface area is 160 Å². The molecular formula is C19H11F6N3O. The lowest BCUT2D eigenvalue weighted by atomic mass is 10.1. The molecule has 4 nitrogen and oxygen atoms in total. The van der Waals surface area contributed by atoms with Crippen molar-refractivity contribution in [3.63, 3.8) is 0 Å². The van der Waals surface area contributed by atoms with Crippen molar-refractivity contribution in [2.24, 2.45) is 0 Å². The predicted molar refractivity (Wildman–Crippen MR) is 93.2 cm³/mol. The van der Waals surface area contributed by atoms with Gasteiger partial charge in [-0.1, -0.05) is 0 Å². The van der Waals surface area contributed by atoms with Crippen LogP contribution in [-0.4, -0.2) is 10.9 Å². The number of aromatic nitrogens is 1. The molecule has 0 aliphatic heterocycles. The molecule has 0 radical (unpaired) electrons. The SMILES string of the molecule is O=C(Nc1ccc(Nc2cc(F)ccc2C(F)(F)F)cc1)c1c(F)cncc1F. The third-order valence-corrected chi connectivity index (χ3v) is 3.79. The first-order valence-corrected chi connectivity index (χ1v) is 7.99. The number of nitrogens with zero attached hydrogens (tertiary/aromatic N) is 1. The van der Waals surface area contributed by atoms with Gasteiger partial charge in [0.15, 0.2) is 11.6 Å². The van der Waals surface area contributed by atoms with Crippen LogP contribution in [0.2, 0.25) is 0 Å². The summed E-state index contributed by atoms with van der Waals surface area (Å²) in [5, 5.41) is 4.71. The van der Waals surface area contributed by atoms with Gasteiger partial charge in [0, 0.05) is 11.4 Å². The normalized spacial score (nSPS) is 11.2. The van der Waals surface area contributed by atoms with Crippen LogP contribution in [0.5, 0.6) is 0 Å². The zero-order valence-electron chi connectivity index (χ0n) is 14.3. The number of rotatable bonds is 4. The fourth-order valence-electron chi connectivity index (χ4n) is 2.48. The largest absolute Gasteiger partial charge is 0.418 e. The molecule has 3 aromatic rings. The van der Waals surface area contributed by atoms with Crippen LogP contribution in [0.25, 0.3) is 0 Å². The Balaban J connectivity index is 1.78. The summed E-state index contributed by atoms with van der Waals surface area (Å²) in [5.41, 5.74) is -2.07. The van der Waals surface area contributed by atoms with Gasteiger partial charge in [-0.05, 0) is 42.5 Å². The Kier molecular flexibility index (Phi) is 5.44. The highest BCUT2D eigenvalue weighted by Crippen LogP contribution is 2.36. The number of amides is 1. The summed E-state index contributed by atoms with van der Waals surface area (Å²) >= 11 is 0. The number of hydrogen-bond acceptors (Lipinski definition) is 3. The van der Waals surface area contributed by atoms with E-state index in [-0.39, 0.29) is 11.4 Å². The molecule has 3 rings (SSSR count). The van der Waals surface area contributed by atoms with Crippen molar-refractivity contribution in [3.8, 4) is 0 Å². The Hall–Kier alpha value is -3.56. The smallest absolute Gasteiger partial charge is 0.355 e. The summed E-state index contributed by atoms with van der Waals surface area (Å²) in [5.74, 6) is -4.21. The molecule has 0 spiro atoms. The number of nitrogens with one attached hydrogen (secondary N) is 2. The highest BCUT2D eigenvalue weighted by Gasteiger charge is 2.33. The van der Waals surface area contributed by atoms with Crippen molar-refractivity contribution in [3.05, 3.63) is 83.4 Å². The number of hydrogen-bond donors (Lipinski definition) is 2. The van der Waals surface area contributed by atoms with Gasteiger partial charge in [-0.2, -0.15) is 13.2 Å². The first-order valence-electron chi connectivity index (χ1n) is 7.99. The summed E-state index contributed by atoms with van der Waals surface area (Å²) in [7, 11) is 0. The van der Waals surface area contributed by atoms with Crippen molar-refractivity contribution < 1.29 is 31.1 Å². The van der Waals surface area contributed by atoms with E-state index in [9.17, 15) is 31.1 Å². The lowest BCUT2D eigenvalue weighted by Gasteiger charge is -2.15. The zero-order chi connectivity index (χ0) is 21.2. The van der Waals surface area contributed by atoms with E-state index in [1.54, 1.807) is 0 Å². The standard InChI is InChI=1S/C19H11F6N3O/c20-10-1-6-13(19(23,24)25)16(7-10)27-11-2-4-12(5-3-11)28-18(29)17-14(21)8-26-9-15(17)22/h1-9,27H,(H,28,29). The van der Waals surface area contributed by atoms with E-state index < -0.39 is 46.3 Å². The first kappa shape index (κ1) is 20.2. The molecule has 0 atom stereocenters. The number of halogens is 6. The average molecular weight is 411 g/mol. The molecule has 10 heteroatoms. The van der Waals surface area contributed by atoms with Crippen molar-refractivity contribution >= 4 is 23.0 Å². The maximum absolute atomic E-state index is 13.6. The molecule has 0 fully saturated rings. The van der Waals surface area contributed by atoms with E-state index in [0.717, 1.165) is 0 Å². The van der Waals surface area contributed by atoms with Crippen LogP contribution in [0, 0.1) is 17.5 Å². The van der Waals surface area contributed by atoms with Crippen LogP contribution in [-0.2, 0) is 6.18 Å². The Bertz CT molecular complexity index is 1030. The topological polar surface area (TPSA) is 54.0 Å². The maximum Gasteiger partial charge on any atom is 0.418 e. The van der Waals surface area contributed by atoms with E-state index in [4.69, 9.17) is 0 Å². The van der Waals surface area contributed by atoms with Gasteiger partial charge in [-0.25, -0.2) is 13.2 Å². The number of pyridine rings is 1. The van der Waals surface area contributed by atoms with Crippen molar-refractivity contribution in [2.45, 2.75) is 6.18 Å². The van der Waals surface area contributed by atoms with Crippen molar-refractivity contribution in [2.75, 3.05) is 10.6 Å². The van der Waals surface area contributed by atoms with Crippen LogP contribution in [0.3, 0.4) is 0 Å². The number of benzene rings is 2. The molecular weight excluding hydrogens is 400 g/mol. The Morgan fingerprint density at radius 1 is 0.862 bits per heavy atom. The summed E-state index contributed by atoms with van der Waals surface area (Å²) in [6.07, 6.45) is -3.33. The Morgan fingerprint density at radius 2 is 1.45 bits per heavy atom. The van der Waals surface area contributed by atoms with Crippen LogP contribution in [0.1, 0.15) is 15.9 Å². The third-order valence-electron chi connectivity index (χ3n) is 3.79. The number of anilines is 3.